The molecule has 0 radical (unpaired) electrons. The molecule has 0 aliphatic carbocycles. The molecule has 1 atom stereocenters. The topological polar surface area (TPSA) is 21.9 Å². The van der Waals surface area contributed by atoms with E-state index in [4.69, 9.17) is 0 Å². The fraction of sp³-hybridized carbons (Fsp3) is 0.714. The van der Waals surface area contributed by atoms with Crippen LogP contribution in [0.1, 0.15) is 26.7 Å². The molecule has 1 unspecified atom stereocenters. The van der Waals surface area contributed by atoms with Gasteiger partial charge in [-0.05, 0) is 12.8 Å². The number of rotatable bonds is 2. The monoisotopic (exact) mass is 111 g/mol. The highest BCUT2D eigenvalue weighted by Crippen LogP contribution is 2.18. The van der Waals surface area contributed by atoms with Gasteiger partial charge in [0, 0.05) is 5.70 Å². The number of nitrogens with one attached hydrogen (secondary N) is 1. The predicted molar refractivity (Wildman–Crippen MR) is 35.6 cm³/mol. The molecular formula is C7H13N. The third-order valence-electron chi connectivity index (χ3n) is 1.47. The van der Waals surface area contributed by atoms with Gasteiger partial charge in [-0.2, -0.15) is 0 Å². The molecule has 1 heteroatoms. The zero-order chi connectivity index (χ0) is 5.98. The molecule has 1 aliphatic rings. The van der Waals surface area contributed by atoms with Crippen molar-refractivity contribution < 1.29 is 0 Å². The van der Waals surface area contributed by atoms with Gasteiger partial charge in [0.2, 0.25) is 0 Å². The van der Waals surface area contributed by atoms with Crippen molar-refractivity contribution in [2.45, 2.75) is 32.7 Å². The minimum atomic E-state index is 0.731. The maximum Gasteiger partial charge on any atom is 0.0651 e. The van der Waals surface area contributed by atoms with Crippen molar-refractivity contribution in [3.05, 3.63) is 11.8 Å². The average Bonchev–Trinajstić information content (AvgIpc) is 2.48. The van der Waals surface area contributed by atoms with E-state index in [0.717, 1.165) is 6.04 Å². The number of hydrogen-bond acceptors (Lipinski definition) is 1. The van der Waals surface area contributed by atoms with Gasteiger partial charge in [-0.15, -0.1) is 0 Å². The lowest BCUT2D eigenvalue weighted by Gasteiger charge is -1.74. The van der Waals surface area contributed by atoms with Gasteiger partial charge in [0.05, 0.1) is 6.04 Å². The van der Waals surface area contributed by atoms with E-state index in [1.54, 1.807) is 0 Å². The SMILES string of the molecule is CC/C=C1/NC1CC. The fourth-order valence-electron chi connectivity index (χ4n) is 0.903. The minimum absolute atomic E-state index is 0.731. The van der Waals surface area contributed by atoms with Gasteiger partial charge in [0.1, 0.15) is 0 Å². The summed E-state index contributed by atoms with van der Waals surface area (Å²) in [7, 11) is 0. The Balaban J connectivity index is 2.25. The molecule has 0 bridgehead atoms. The van der Waals surface area contributed by atoms with E-state index in [2.05, 4.69) is 25.2 Å². The van der Waals surface area contributed by atoms with E-state index in [1.807, 2.05) is 0 Å². The van der Waals surface area contributed by atoms with E-state index < -0.39 is 0 Å². The molecule has 1 N–H and O–H groups in total. The maximum absolute atomic E-state index is 3.28. The van der Waals surface area contributed by atoms with Crippen molar-refractivity contribution >= 4 is 0 Å². The number of hydrogen-bond donors (Lipinski definition) is 1. The molecule has 0 spiro atoms. The third-order valence-corrected chi connectivity index (χ3v) is 1.47. The van der Waals surface area contributed by atoms with Gasteiger partial charge < -0.3 is 5.32 Å². The molecule has 46 valence electrons. The molecule has 1 fully saturated rings. The summed E-state index contributed by atoms with van der Waals surface area (Å²) >= 11 is 0. The van der Waals surface area contributed by atoms with Crippen molar-refractivity contribution in [2.75, 3.05) is 0 Å². The van der Waals surface area contributed by atoms with Crippen LogP contribution in [0.15, 0.2) is 11.8 Å². The Bertz CT molecular complexity index is 105. The lowest BCUT2D eigenvalue weighted by molar-refractivity contribution is 0.899. The van der Waals surface area contributed by atoms with Crippen LogP contribution in [-0.4, -0.2) is 6.04 Å². The molecule has 1 nitrogen and oxygen atoms in total. The predicted octanol–water partition coefficient (Wildman–Crippen LogP) is 1.66. The van der Waals surface area contributed by atoms with Crippen molar-refractivity contribution in [1.82, 2.24) is 5.32 Å². The molecule has 0 aromatic carbocycles. The van der Waals surface area contributed by atoms with Gasteiger partial charge in [-0.1, -0.05) is 19.9 Å². The Morgan fingerprint density at radius 2 is 2.38 bits per heavy atom. The van der Waals surface area contributed by atoms with Crippen molar-refractivity contribution in [3.63, 3.8) is 0 Å². The second-order valence-corrected chi connectivity index (χ2v) is 2.17. The summed E-state index contributed by atoms with van der Waals surface area (Å²) in [5.74, 6) is 0. The Kier molecular flexibility index (Phi) is 1.56. The van der Waals surface area contributed by atoms with Gasteiger partial charge in [0.25, 0.3) is 0 Å². The van der Waals surface area contributed by atoms with E-state index >= 15 is 0 Å². The van der Waals surface area contributed by atoms with Crippen LogP contribution in [0, 0.1) is 0 Å². The van der Waals surface area contributed by atoms with Crippen LogP contribution in [0.25, 0.3) is 0 Å². The summed E-state index contributed by atoms with van der Waals surface area (Å²) in [6, 6.07) is 0.731. The fourth-order valence-corrected chi connectivity index (χ4v) is 0.903. The smallest absolute Gasteiger partial charge is 0.0651 e. The summed E-state index contributed by atoms with van der Waals surface area (Å²) in [6.07, 6.45) is 4.67. The second-order valence-electron chi connectivity index (χ2n) is 2.17. The first-order valence-corrected chi connectivity index (χ1v) is 3.35. The van der Waals surface area contributed by atoms with Crippen molar-refractivity contribution in [3.8, 4) is 0 Å². The molecule has 1 saturated heterocycles. The molecule has 1 rings (SSSR count). The summed E-state index contributed by atoms with van der Waals surface area (Å²) in [5, 5.41) is 3.28. The van der Waals surface area contributed by atoms with E-state index in [1.165, 1.54) is 18.5 Å². The standard InChI is InChI=1S/C7H13N/c1-3-5-7-6(4-2)8-7/h5-6,8H,3-4H2,1-2H3/b7-5+. The number of allylic oxidation sites excluding steroid dienone is 1. The van der Waals surface area contributed by atoms with Gasteiger partial charge >= 0.3 is 0 Å². The maximum atomic E-state index is 3.28. The quantitative estimate of drug-likeness (QED) is 0.538. The van der Waals surface area contributed by atoms with Crippen LogP contribution in [0.2, 0.25) is 0 Å². The first-order valence-electron chi connectivity index (χ1n) is 3.35. The van der Waals surface area contributed by atoms with Gasteiger partial charge in [0.15, 0.2) is 0 Å². The zero-order valence-corrected chi connectivity index (χ0v) is 5.57. The third kappa shape index (κ3) is 1.03. The second kappa shape index (κ2) is 2.21. The summed E-state index contributed by atoms with van der Waals surface area (Å²) in [5.41, 5.74) is 1.45. The first-order chi connectivity index (χ1) is 3.88. The van der Waals surface area contributed by atoms with Crippen LogP contribution in [-0.2, 0) is 0 Å². The molecule has 1 aliphatic heterocycles. The molecule has 0 amide bonds. The van der Waals surface area contributed by atoms with Crippen molar-refractivity contribution in [2.24, 2.45) is 0 Å². The van der Waals surface area contributed by atoms with Crippen LogP contribution in [0.3, 0.4) is 0 Å². The molecule has 1 heterocycles. The van der Waals surface area contributed by atoms with Crippen LogP contribution in [0.5, 0.6) is 0 Å². The summed E-state index contributed by atoms with van der Waals surface area (Å²) in [4.78, 5) is 0. The van der Waals surface area contributed by atoms with Gasteiger partial charge in [-0.25, -0.2) is 0 Å². The Hall–Kier alpha value is -0.460. The van der Waals surface area contributed by atoms with E-state index in [9.17, 15) is 0 Å². The largest absolute Gasteiger partial charge is 0.379 e. The highest BCUT2D eigenvalue weighted by molar-refractivity contribution is 5.23. The molecule has 0 aromatic rings. The van der Waals surface area contributed by atoms with E-state index in [0.29, 0.717) is 0 Å². The molecule has 0 saturated carbocycles. The van der Waals surface area contributed by atoms with Crippen LogP contribution >= 0.6 is 0 Å². The molecule has 0 aromatic heterocycles. The van der Waals surface area contributed by atoms with Crippen molar-refractivity contribution in [1.29, 1.82) is 0 Å². The first kappa shape index (κ1) is 5.67. The Morgan fingerprint density at radius 1 is 1.62 bits per heavy atom. The normalized spacial score (nSPS) is 30.2. The molecular weight excluding hydrogens is 98.1 g/mol. The zero-order valence-electron chi connectivity index (χ0n) is 5.57. The summed E-state index contributed by atoms with van der Waals surface area (Å²) < 4.78 is 0. The highest BCUT2D eigenvalue weighted by Gasteiger charge is 2.24. The minimum Gasteiger partial charge on any atom is -0.379 e. The highest BCUT2D eigenvalue weighted by atomic mass is 15.1. The van der Waals surface area contributed by atoms with Crippen LogP contribution in [0.4, 0.5) is 0 Å². The lowest BCUT2D eigenvalue weighted by atomic mass is 10.3. The van der Waals surface area contributed by atoms with Gasteiger partial charge in [-0.3, -0.25) is 0 Å². The lowest BCUT2D eigenvalue weighted by Crippen LogP contribution is -1.81. The average molecular weight is 111 g/mol. The molecule has 8 heavy (non-hydrogen) atoms. The van der Waals surface area contributed by atoms with Crippen LogP contribution < -0.4 is 5.32 Å². The Labute approximate surface area is 50.8 Å². The Morgan fingerprint density at radius 3 is 2.75 bits per heavy atom. The summed E-state index contributed by atoms with van der Waals surface area (Å²) in [6.45, 7) is 4.37. The van der Waals surface area contributed by atoms with E-state index in [-0.39, 0.29) is 0 Å².